The Morgan fingerprint density at radius 3 is 2.20 bits per heavy atom. The molecule has 0 atom stereocenters. The van der Waals surface area contributed by atoms with E-state index in [1.165, 1.54) is 7.11 Å². The van der Waals surface area contributed by atoms with Crippen LogP contribution in [-0.2, 0) is 9.47 Å². The molecule has 0 unspecified atom stereocenters. The SMILES string of the molecule is COC(=O)OCC(C)(C)C. The summed E-state index contributed by atoms with van der Waals surface area (Å²) in [4.78, 5) is 10.4. The molecule has 0 aliphatic carbocycles. The summed E-state index contributed by atoms with van der Waals surface area (Å²) in [6.45, 7) is 6.33. The van der Waals surface area contributed by atoms with Crippen LogP contribution in [-0.4, -0.2) is 19.9 Å². The van der Waals surface area contributed by atoms with Crippen LogP contribution in [0.15, 0.2) is 0 Å². The van der Waals surface area contributed by atoms with Crippen molar-refractivity contribution in [3.05, 3.63) is 0 Å². The first-order valence-electron chi connectivity index (χ1n) is 3.16. The summed E-state index contributed by atoms with van der Waals surface area (Å²) in [6, 6.07) is 0. The molecule has 0 radical (unpaired) electrons. The first-order chi connectivity index (χ1) is 4.45. The quantitative estimate of drug-likeness (QED) is 0.529. The molecular weight excluding hydrogens is 132 g/mol. The Morgan fingerprint density at radius 1 is 1.40 bits per heavy atom. The van der Waals surface area contributed by atoms with E-state index in [4.69, 9.17) is 4.74 Å². The average molecular weight is 146 g/mol. The highest BCUT2D eigenvalue weighted by Gasteiger charge is 2.13. The lowest BCUT2D eigenvalue weighted by molar-refractivity contribution is 0.0472. The van der Waals surface area contributed by atoms with Gasteiger partial charge in [0.25, 0.3) is 0 Å². The summed E-state index contributed by atoms with van der Waals surface area (Å²) in [7, 11) is 1.30. The van der Waals surface area contributed by atoms with E-state index in [0.717, 1.165) is 0 Å². The van der Waals surface area contributed by atoms with Gasteiger partial charge in [-0.2, -0.15) is 0 Å². The molecule has 0 aromatic carbocycles. The Morgan fingerprint density at radius 2 is 1.90 bits per heavy atom. The zero-order valence-corrected chi connectivity index (χ0v) is 6.93. The number of hydrogen-bond acceptors (Lipinski definition) is 3. The Kier molecular flexibility index (Phi) is 3.19. The van der Waals surface area contributed by atoms with E-state index >= 15 is 0 Å². The fourth-order valence-corrected chi connectivity index (χ4v) is 0.334. The molecule has 3 nitrogen and oxygen atoms in total. The second kappa shape index (κ2) is 3.44. The fraction of sp³-hybridized carbons (Fsp3) is 0.857. The molecule has 0 rings (SSSR count). The highest BCUT2D eigenvalue weighted by atomic mass is 16.7. The van der Waals surface area contributed by atoms with E-state index in [1.54, 1.807) is 0 Å². The van der Waals surface area contributed by atoms with Crippen LogP contribution in [0.3, 0.4) is 0 Å². The molecule has 60 valence electrons. The topological polar surface area (TPSA) is 35.5 Å². The van der Waals surface area contributed by atoms with Gasteiger partial charge in [-0.1, -0.05) is 20.8 Å². The summed E-state index contributed by atoms with van der Waals surface area (Å²) >= 11 is 0. The van der Waals surface area contributed by atoms with Gasteiger partial charge in [0.1, 0.15) is 0 Å². The van der Waals surface area contributed by atoms with Gasteiger partial charge in [-0.25, -0.2) is 4.79 Å². The predicted molar refractivity (Wildman–Crippen MR) is 37.8 cm³/mol. The van der Waals surface area contributed by atoms with E-state index in [1.807, 2.05) is 20.8 Å². The van der Waals surface area contributed by atoms with Crippen molar-refractivity contribution in [3.63, 3.8) is 0 Å². The van der Waals surface area contributed by atoms with Crippen molar-refractivity contribution in [1.29, 1.82) is 0 Å². The van der Waals surface area contributed by atoms with Crippen molar-refractivity contribution < 1.29 is 14.3 Å². The van der Waals surface area contributed by atoms with Crippen molar-refractivity contribution >= 4 is 6.16 Å². The van der Waals surface area contributed by atoms with Crippen LogP contribution in [0.1, 0.15) is 20.8 Å². The molecule has 10 heavy (non-hydrogen) atoms. The van der Waals surface area contributed by atoms with Crippen LogP contribution >= 0.6 is 0 Å². The number of methoxy groups -OCH3 is 1. The third-order valence-corrected chi connectivity index (χ3v) is 0.790. The number of ether oxygens (including phenoxy) is 2. The van der Waals surface area contributed by atoms with Crippen LogP contribution < -0.4 is 0 Å². The molecule has 0 fully saturated rings. The molecule has 0 saturated heterocycles. The molecule has 0 saturated carbocycles. The number of carbonyl (C=O) groups excluding carboxylic acids is 1. The first kappa shape index (κ1) is 9.27. The van der Waals surface area contributed by atoms with Gasteiger partial charge in [0.15, 0.2) is 0 Å². The van der Waals surface area contributed by atoms with E-state index < -0.39 is 6.16 Å². The molecule has 0 aromatic heterocycles. The molecule has 0 aliphatic heterocycles. The minimum Gasteiger partial charge on any atom is -0.438 e. The van der Waals surface area contributed by atoms with Gasteiger partial charge in [-0.3, -0.25) is 0 Å². The molecule has 0 aliphatic rings. The lowest BCUT2D eigenvalue weighted by Crippen LogP contribution is -2.18. The molecule has 3 heteroatoms. The van der Waals surface area contributed by atoms with E-state index in [0.29, 0.717) is 6.61 Å². The molecule has 0 spiro atoms. The minimum atomic E-state index is -0.616. The monoisotopic (exact) mass is 146 g/mol. The number of rotatable bonds is 1. The maximum Gasteiger partial charge on any atom is 0.507 e. The zero-order valence-electron chi connectivity index (χ0n) is 6.93. The van der Waals surface area contributed by atoms with Crippen LogP contribution in [0.2, 0.25) is 0 Å². The third-order valence-electron chi connectivity index (χ3n) is 0.790. The molecule has 0 aromatic rings. The fourth-order valence-electron chi connectivity index (χ4n) is 0.334. The Balaban J connectivity index is 3.46. The predicted octanol–water partition coefficient (Wildman–Crippen LogP) is 1.82. The molecule has 0 N–H and O–H groups in total. The van der Waals surface area contributed by atoms with E-state index in [9.17, 15) is 4.79 Å². The maximum atomic E-state index is 10.4. The smallest absolute Gasteiger partial charge is 0.438 e. The van der Waals surface area contributed by atoms with Crippen LogP contribution in [0, 0.1) is 5.41 Å². The highest BCUT2D eigenvalue weighted by Crippen LogP contribution is 2.12. The Hall–Kier alpha value is -0.730. The van der Waals surface area contributed by atoms with Crippen molar-refractivity contribution in [2.24, 2.45) is 5.41 Å². The second-order valence-electron chi connectivity index (χ2n) is 3.30. The van der Waals surface area contributed by atoms with Gasteiger partial charge in [0.05, 0.1) is 13.7 Å². The largest absolute Gasteiger partial charge is 0.507 e. The van der Waals surface area contributed by atoms with Crippen molar-refractivity contribution in [2.45, 2.75) is 20.8 Å². The van der Waals surface area contributed by atoms with Crippen LogP contribution in [0.5, 0.6) is 0 Å². The average Bonchev–Trinajstić information content (AvgIpc) is 1.81. The maximum absolute atomic E-state index is 10.4. The minimum absolute atomic E-state index is 0.00812. The summed E-state index contributed by atoms with van der Waals surface area (Å²) in [5.41, 5.74) is 0.00812. The molecule has 0 heterocycles. The van der Waals surface area contributed by atoms with Gasteiger partial charge in [-0.05, 0) is 5.41 Å². The number of hydrogen-bond donors (Lipinski definition) is 0. The van der Waals surface area contributed by atoms with Gasteiger partial charge >= 0.3 is 6.16 Å². The van der Waals surface area contributed by atoms with Crippen molar-refractivity contribution in [2.75, 3.05) is 13.7 Å². The molecular formula is C7H14O3. The van der Waals surface area contributed by atoms with Gasteiger partial charge in [0.2, 0.25) is 0 Å². The van der Waals surface area contributed by atoms with Gasteiger partial charge < -0.3 is 9.47 Å². The van der Waals surface area contributed by atoms with Crippen LogP contribution in [0.25, 0.3) is 0 Å². The molecule has 0 bridgehead atoms. The van der Waals surface area contributed by atoms with Gasteiger partial charge in [-0.15, -0.1) is 0 Å². The number of carbonyl (C=O) groups is 1. The second-order valence-corrected chi connectivity index (χ2v) is 3.30. The normalized spacial score (nSPS) is 10.8. The summed E-state index contributed by atoms with van der Waals surface area (Å²) < 4.78 is 8.98. The third kappa shape index (κ3) is 5.41. The highest BCUT2D eigenvalue weighted by molar-refractivity contribution is 5.59. The Bertz CT molecular complexity index is 113. The zero-order chi connectivity index (χ0) is 8.20. The summed E-state index contributed by atoms with van der Waals surface area (Å²) in [6.07, 6.45) is -0.616. The standard InChI is InChI=1S/C7H14O3/c1-7(2,3)5-10-6(8)9-4/h5H2,1-4H3. The summed E-state index contributed by atoms with van der Waals surface area (Å²) in [5.74, 6) is 0. The lowest BCUT2D eigenvalue weighted by Gasteiger charge is -2.16. The van der Waals surface area contributed by atoms with Crippen molar-refractivity contribution in [1.82, 2.24) is 0 Å². The molecule has 0 amide bonds. The van der Waals surface area contributed by atoms with Gasteiger partial charge in [0, 0.05) is 0 Å². The van der Waals surface area contributed by atoms with Crippen LogP contribution in [0.4, 0.5) is 4.79 Å². The van der Waals surface area contributed by atoms with Crippen molar-refractivity contribution in [3.8, 4) is 0 Å². The summed E-state index contributed by atoms with van der Waals surface area (Å²) in [5, 5.41) is 0. The first-order valence-corrected chi connectivity index (χ1v) is 3.16. The van der Waals surface area contributed by atoms with E-state index in [2.05, 4.69) is 4.74 Å². The van der Waals surface area contributed by atoms with E-state index in [-0.39, 0.29) is 5.41 Å². The lowest BCUT2D eigenvalue weighted by atomic mass is 9.99. The Labute approximate surface area is 61.3 Å².